The van der Waals surface area contributed by atoms with Crippen molar-refractivity contribution < 1.29 is 33.3 Å². The highest BCUT2D eigenvalue weighted by Gasteiger charge is 2.15. The Morgan fingerprint density at radius 3 is 2.30 bits per heavy atom. The highest BCUT2D eigenvalue weighted by atomic mass is 32.2. The van der Waals surface area contributed by atoms with Crippen molar-refractivity contribution in [3.63, 3.8) is 0 Å². The first kappa shape index (κ1) is 28.0. The number of hydrogen-bond acceptors (Lipinski definition) is 7. The lowest BCUT2D eigenvalue weighted by atomic mass is 9.93. The first-order valence-electron chi connectivity index (χ1n) is 11.7. The highest BCUT2D eigenvalue weighted by Crippen LogP contribution is 2.29. The predicted molar refractivity (Wildman–Crippen MR) is 143 cm³/mol. The number of ether oxygens (including phenoxy) is 1. The van der Waals surface area contributed by atoms with Gasteiger partial charge in [0.15, 0.2) is 0 Å². The molecule has 10 heteroatoms. The number of aromatic carboxylic acids is 1. The third kappa shape index (κ3) is 7.94. The van der Waals surface area contributed by atoms with Crippen LogP contribution in [0.5, 0.6) is 11.5 Å². The summed E-state index contributed by atoms with van der Waals surface area (Å²) in [6, 6.07) is 17.1. The van der Waals surface area contributed by atoms with Gasteiger partial charge in [0, 0.05) is 13.1 Å². The van der Waals surface area contributed by atoms with E-state index in [1.54, 1.807) is 12.1 Å². The fourth-order valence-corrected chi connectivity index (χ4v) is 4.36. The average molecular weight is 529 g/mol. The number of benzene rings is 3. The van der Waals surface area contributed by atoms with Gasteiger partial charge in [-0.2, -0.15) is 0 Å². The molecule has 0 heterocycles. The number of aromatic hydroxyl groups is 1. The first-order valence-corrected chi connectivity index (χ1v) is 13.6. The summed E-state index contributed by atoms with van der Waals surface area (Å²) in [5, 5.41) is 32.7. The van der Waals surface area contributed by atoms with E-state index < -0.39 is 22.1 Å². The molecule has 0 amide bonds. The summed E-state index contributed by atoms with van der Waals surface area (Å²) in [7, 11) is -3.57. The zero-order valence-corrected chi connectivity index (χ0v) is 21.7. The fourth-order valence-electron chi connectivity index (χ4n) is 3.80. The van der Waals surface area contributed by atoms with E-state index in [0.29, 0.717) is 30.0 Å². The van der Waals surface area contributed by atoms with Gasteiger partial charge >= 0.3 is 5.97 Å². The van der Waals surface area contributed by atoms with Crippen molar-refractivity contribution in [1.29, 1.82) is 0 Å². The molecule has 3 aromatic rings. The second kappa shape index (κ2) is 12.1. The summed E-state index contributed by atoms with van der Waals surface area (Å²) >= 11 is 0. The molecule has 0 bridgehead atoms. The minimum atomic E-state index is -3.57. The van der Waals surface area contributed by atoms with Crippen LogP contribution in [0, 0.1) is 0 Å². The van der Waals surface area contributed by atoms with Crippen molar-refractivity contribution in [2.75, 3.05) is 30.7 Å². The van der Waals surface area contributed by atoms with Crippen molar-refractivity contribution in [2.24, 2.45) is 0 Å². The summed E-state index contributed by atoms with van der Waals surface area (Å²) in [4.78, 5) is 11.5. The Bertz CT molecular complexity index is 1340. The van der Waals surface area contributed by atoms with Gasteiger partial charge in [-0.1, -0.05) is 44.2 Å². The standard InChI is InChI=1S/C27H32N2O7S/c1-17(2)23-14-19(6-10-22(23)27(32)33)18-4-8-21(9-5-18)36-13-12-28-16-26(31)20-7-11-25(30)24(15-20)29-37(3,34)35/h4-11,14-15,17,26,28-31H,12-13,16H2,1-3H3,(H,32,33)/t26-/m1/s1. The number of rotatable bonds is 12. The van der Waals surface area contributed by atoms with Crippen molar-refractivity contribution in [2.45, 2.75) is 25.9 Å². The van der Waals surface area contributed by atoms with Crippen molar-refractivity contribution in [1.82, 2.24) is 5.32 Å². The lowest BCUT2D eigenvalue weighted by Gasteiger charge is -2.15. The number of carboxylic acid groups (broad SMARTS) is 1. The van der Waals surface area contributed by atoms with E-state index in [-0.39, 0.29) is 23.9 Å². The molecule has 5 N–H and O–H groups in total. The normalized spacial score (nSPS) is 12.4. The van der Waals surface area contributed by atoms with Crippen LogP contribution < -0.4 is 14.8 Å². The summed E-state index contributed by atoms with van der Waals surface area (Å²) in [6.45, 7) is 4.95. The van der Waals surface area contributed by atoms with Crippen molar-refractivity contribution >= 4 is 21.7 Å². The maximum absolute atomic E-state index is 11.5. The molecule has 0 aliphatic heterocycles. The van der Waals surface area contributed by atoms with Crippen LogP contribution >= 0.6 is 0 Å². The molecule has 0 saturated heterocycles. The van der Waals surface area contributed by atoms with E-state index in [4.69, 9.17) is 4.74 Å². The number of aliphatic hydroxyl groups is 1. The molecule has 0 fully saturated rings. The smallest absolute Gasteiger partial charge is 0.335 e. The molecule has 0 aliphatic carbocycles. The summed E-state index contributed by atoms with van der Waals surface area (Å²) in [5.41, 5.74) is 3.43. The SMILES string of the molecule is CC(C)c1cc(-c2ccc(OCCNC[C@@H](O)c3ccc(O)c(NS(C)(=O)=O)c3)cc2)ccc1C(=O)O. The summed E-state index contributed by atoms with van der Waals surface area (Å²) < 4.78 is 30.8. The summed E-state index contributed by atoms with van der Waals surface area (Å²) in [5.74, 6) is -0.407. The number of carbonyl (C=O) groups is 1. The van der Waals surface area contributed by atoms with Gasteiger partial charge in [0.1, 0.15) is 18.1 Å². The van der Waals surface area contributed by atoms with Crippen molar-refractivity contribution in [3.05, 3.63) is 77.4 Å². The van der Waals surface area contributed by atoms with Gasteiger partial charge in [-0.05, 0) is 58.5 Å². The number of phenolic OH excluding ortho intramolecular Hbond substituents is 1. The van der Waals surface area contributed by atoms with Gasteiger partial charge in [-0.15, -0.1) is 0 Å². The quantitative estimate of drug-likeness (QED) is 0.175. The monoisotopic (exact) mass is 528 g/mol. The van der Waals surface area contributed by atoms with E-state index >= 15 is 0 Å². The molecule has 0 saturated carbocycles. The third-order valence-corrected chi connectivity index (χ3v) is 6.27. The molecule has 0 spiro atoms. The van der Waals surface area contributed by atoms with E-state index in [1.807, 2.05) is 44.2 Å². The van der Waals surface area contributed by atoms with Crippen LogP contribution in [0.25, 0.3) is 11.1 Å². The Labute approximate surface area is 216 Å². The lowest BCUT2D eigenvalue weighted by molar-refractivity contribution is 0.0695. The van der Waals surface area contributed by atoms with Crippen LogP contribution in [0.1, 0.15) is 47.4 Å². The Morgan fingerprint density at radius 1 is 1.00 bits per heavy atom. The maximum atomic E-state index is 11.5. The molecule has 37 heavy (non-hydrogen) atoms. The minimum absolute atomic E-state index is 0.00379. The molecule has 3 rings (SSSR count). The van der Waals surface area contributed by atoms with Crippen LogP contribution in [0.4, 0.5) is 5.69 Å². The third-order valence-electron chi connectivity index (χ3n) is 5.68. The van der Waals surface area contributed by atoms with Gasteiger partial charge < -0.3 is 25.4 Å². The number of aliphatic hydroxyl groups excluding tert-OH is 1. The fraction of sp³-hybridized carbons (Fsp3) is 0.296. The second-order valence-electron chi connectivity index (χ2n) is 9.01. The van der Waals surface area contributed by atoms with Gasteiger partial charge in [0.05, 0.1) is 23.6 Å². The van der Waals surface area contributed by atoms with Crippen LogP contribution in [0.3, 0.4) is 0 Å². The maximum Gasteiger partial charge on any atom is 0.335 e. The Balaban J connectivity index is 1.50. The molecule has 0 unspecified atom stereocenters. The van der Waals surface area contributed by atoms with Gasteiger partial charge in [-0.3, -0.25) is 4.72 Å². The summed E-state index contributed by atoms with van der Waals surface area (Å²) in [6.07, 6.45) is 0.0643. The predicted octanol–water partition coefficient (Wildman–Crippen LogP) is 3.95. The Kier molecular flexibility index (Phi) is 9.14. The topological polar surface area (TPSA) is 145 Å². The van der Waals surface area contributed by atoms with E-state index in [0.717, 1.165) is 22.9 Å². The average Bonchev–Trinajstić information content (AvgIpc) is 2.84. The van der Waals surface area contributed by atoms with Crippen LogP contribution in [0.15, 0.2) is 60.7 Å². The Hall–Kier alpha value is -3.60. The number of anilines is 1. The molecule has 0 radical (unpaired) electrons. The van der Waals surface area contributed by atoms with Crippen LogP contribution in [0.2, 0.25) is 0 Å². The molecule has 0 aromatic heterocycles. The van der Waals surface area contributed by atoms with Crippen LogP contribution in [-0.4, -0.2) is 55.7 Å². The van der Waals surface area contributed by atoms with E-state index in [9.17, 15) is 28.5 Å². The molecular formula is C27H32N2O7S. The second-order valence-corrected chi connectivity index (χ2v) is 10.8. The highest BCUT2D eigenvalue weighted by molar-refractivity contribution is 7.92. The zero-order valence-electron chi connectivity index (χ0n) is 20.9. The van der Waals surface area contributed by atoms with Crippen molar-refractivity contribution in [3.8, 4) is 22.6 Å². The molecular weight excluding hydrogens is 496 g/mol. The molecule has 3 aromatic carbocycles. The van der Waals surface area contributed by atoms with Gasteiger partial charge in [0.2, 0.25) is 10.0 Å². The molecule has 1 atom stereocenters. The first-order chi connectivity index (χ1) is 17.4. The molecule has 198 valence electrons. The molecule has 0 aliphatic rings. The largest absolute Gasteiger partial charge is 0.506 e. The number of phenols is 1. The number of hydrogen-bond donors (Lipinski definition) is 5. The molecule has 9 nitrogen and oxygen atoms in total. The number of nitrogens with one attached hydrogen (secondary N) is 2. The van der Waals surface area contributed by atoms with Gasteiger partial charge in [0.25, 0.3) is 0 Å². The van der Waals surface area contributed by atoms with E-state index in [1.165, 1.54) is 18.2 Å². The Morgan fingerprint density at radius 2 is 1.68 bits per heavy atom. The van der Waals surface area contributed by atoms with E-state index in [2.05, 4.69) is 10.0 Å². The zero-order chi connectivity index (χ0) is 27.2. The number of sulfonamides is 1. The number of carboxylic acids is 1. The van der Waals surface area contributed by atoms with Crippen LogP contribution in [-0.2, 0) is 10.0 Å². The van der Waals surface area contributed by atoms with Gasteiger partial charge in [-0.25, -0.2) is 13.2 Å². The minimum Gasteiger partial charge on any atom is -0.506 e. The lowest BCUT2D eigenvalue weighted by Crippen LogP contribution is -2.26.